The van der Waals surface area contributed by atoms with Crippen LogP contribution in [-0.2, 0) is 9.59 Å². The van der Waals surface area contributed by atoms with Gasteiger partial charge in [-0.3, -0.25) is 9.59 Å². The molecule has 330 valence electrons. The van der Waals surface area contributed by atoms with Crippen molar-refractivity contribution in [2.24, 2.45) is 11.8 Å². The van der Waals surface area contributed by atoms with Gasteiger partial charge < -0.3 is 10.0 Å². The molecule has 2 unspecified atom stereocenters. The molecule has 0 radical (unpaired) electrons. The van der Waals surface area contributed by atoms with Crippen molar-refractivity contribution in [3.8, 4) is 0 Å². The molecule has 0 saturated carbocycles. The molecular weight excluding hydrogens is 687 g/mol. The average molecular weight is 786 g/mol. The molecule has 0 aliphatic heterocycles. The summed E-state index contributed by atoms with van der Waals surface area (Å²) >= 11 is 0. The maximum atomic E-state index is 13.7. The van der Waals surface area contributed by atoms with E-state index in [1.807, 2.05) is 17.1 Å². The van der Waals surface area contributed by atoms with Crippen LogP contribution in [0.15, 0.2) is 12.2 Å². The van der Waals surface area contributed by atoms with Gasteiger partial charge in [-0.25, -0.2) is 0 Å². The van der Waals surface area contributed by atoms with E-state index in [0.717, 1.165) is 32.4 Å². The molecule has 56 heavy (non-hydrogen) atoms. The van der Waals surface area contributed by atoms with Gasteiger partial charge in [0.15, 0.2) is 0 Å². The van der Waals surface area contributed by atoms with Crippen molar-refractivity contribution < 1.29 is 14.7 Å². The lowest BCUT2D eigenvalue weighted by Gasteiger charge is -2.30. The highest BCUT2D eigenvalue weighted by atomic mass is 16.4. The van der Waals surface area contributed by atoms with Crippen molar-refractivity contribution in [1.82, 2.24) is 4.90 Å². The van der Waals surface area contributed by atoms with Gasteiger partial charge in [-0.2, -0.15) is 0 Å². The molecule has 4 nitrogen and oxygen atoms in total. The molecule has 0 spiro atoms. The number of rotatable bonds is 44. The van der Waals surface area contributed by atoms with E-state index in [2.05, 4.69) is 13.8 Å². The van der Waals surface area contributed by atoms with E-state index >= 15 is 0 Å². The minimum Gasteiger partial charge on any atom is -0.481 e. The fraction of sp³-hybridized carbons (Fsp3) is 0.923. The van der Waals surface area contributed by atoms with Crippen molar-refractivity contribution in [2.45, 2.75) is 284 Å². The Balaban J connectivity index is 2.10. The van der Waals surface area contributed by atoms with Crippen molar-refractivity contribution in [1.29, 1.82) is 0 Å². The lowest BCUT2D eigenvalue weighted by atomic mass is 9.83. The second-order valence-electron chi connectivity index (χ2n) is 18.2. The van der Waals surface area contributed by atoms with Crippen molar-refractivity contribution >= 4 is 11.9 Å². The number of unbranched alkanes of at least 4 members (excludes halogenated alkanes) is 38. The zero-order valence-electron chi connectivity index (χ0n) is 38.1. The lowest BCUT2D eigenvalue weighted by molar-refractivity contribution is -0.149. The Kier molecular flexibility index (Phi) is 39.4. The Morgan fingerprint density at radius 2 is 0.679 bits per heavy atom. The molecular formula is C52H99NO3. The van der Waals surface area contributed by atoms with Crippen LogP contribution in [0.1, 0.15) is 284 Å². The first-order valence-corrected chi connectivity index (χ1v) is 25.8. The number of carboxylic acids is 1. The van der Waals surface area contributed by atoms with Gasteiger partial charge in [-0.15, -0.1) is 0 Å². The first kappa shape index (κ1) is 52.7. The van der Waals surface area contributed by atoms with E-state index in [1.54, 1.807) is 0 Å². The SMILES string of the molecule is CCCCCCCCCCCCCCCCCCCCCCN(CCCCCCCCCCCCCCCCCCCCCC)C(=O)C1C=CCCC1C(=O)O. The van der Waals surface area contributed by atoms with Crippen LogP contribution in [0, 0.1) is 11.8 Å². The van der Waals surface area contributed by atoms with Gasteiger partial charge in [0, 0.05) is 13.1 Å². The van der Waals surface area contributed by atoms with Crippen LogP contribution >= 0.6 is 0 Å². The number of carboxylic acid groups (broad SMARTS) is 1. The second-order valence-corrected chi connectivity index (χ2v) is 18.2. The van der Waals surface area contributed by atoms with Crippen LogP contribution in [0.4, 0.5) is 0 Å². The number of aliphatic carboxylic acids is 1. The summed E-state index contributed by atoms with van der Waals surface area (Å²) < 4.78 is 0. The maximum Gasteiger partial charge on any atom is 0.307 e. The van der Waals surface area contributed by atoms with Crippen LogP contribution < -0.4 is 0 Å². The average Bonchev–Trinajstić information content (AvgIpc) is 3.21. The Morgan fingerprint density at radius 3 is 0.929 bits per heavy atom. The molecule has 0 heterocycles. The molecule has 1 amide bonds. The fourth-order valence-electron chi connectivity index (χ4n) is 9.02. The predicted molar refractivity (Wildman–Crippen MR) is 246 cm³/mol. The Bertz CT molecular complexity index is 826. The summed E-state index contributed by atoms with van der Waals surface area (Å²) in [7, 11) is 0. The van der Waals surface area contributed by atoms with Crippen molar-refractivity contribution in [2.75, 3.05) is 13.1 Å². The van der Waals surface area contributed by atoms with Crippen LogP contribution in [-0.4, -0.2) is 35.0 Å². The van der Waals surface area contributed by atoms with Crippen molar-refractivity contribution in [3.63, 3.8) is 0 Å². The molecule has 1 rings (SSSR count). The minimum atomic E-state index is -0.815. The summed E-state index contributed by atoms with van der Waals surface area (Å²) in [6.07, 6.45) is 60.1. The van der Waals surface area contributed by atoms with Crippen LogP contribution in [0.3, 0.4) is 0 Å². The van der Waals surface area contributed by atoms with Gasteiger partial charge >= 0.3 is 5.97 Å². The zero-order chi connectivity index (χ0) is 40.4. The van der Waals surface area contributed by atoms with Crippen molar-refractivity contribution in [3.05, 3.63) is 12.2 Å². The fourth-order valence-corrected chi connectivity index (χ4v) is 9.02. The first-order valence-electron chi connectivity index (χ1n) is 25.8. The highest BCUT2D eigenvalue weighted by Crippen LogP contribution is 2.28. The van der Waals surface area contributed by atoms with Gasteiger partial charge in [-0.1, -0.05) is 270 Å². The summed E-state index contributed by atoms with van der Waals surface area (Å²) in [5, 5.41) is 9.84. The van der Waals surface area contributed by atoms with Crippen LogP contribution in [0.2, 0.25) is 0 Å². The van der Waals surface area contributed by atoms with Gasteiger partial charge in [0.1, 0.15) is 0 Å². The zero-order valence-corrected chi connectivity index (χ0v) is 38.1. The predicted octanol–water partition coefficient (Wildman–Crippen LogP) is 17.1. The summed E-state index contributed by atoms with van der Waals surface area (Å²) in [4.78, 5) is 27.7. The topological polar surface area (TPSA) is 57.6 Å². The van der Waals surface area contributed by atoms with E-state index in [0.29, 0.717) is 6.42 Å². The molecule has 1 aliphatic carbocycles. The van der Waals surface area contributed by atoms with E-state index in [1.165, 1.54) is 244 Å². The molecule has 0 aromatic rings. The molecule has 0 fully saturated rings. The van der Waals surface area contributed by atoms with Crippen LogP contribution in [0.5, 0.6) is 0 Å². The summed E-state index contributed by atoms with van der Waals surface area (Å²) in [5.41, 5.74) is 0. The quantitative estimate of drug-likeness (QED) is 0.0494. The maximum absolute atomic E-state index is 13.7. The molecule has 2 atom stereocenters. The molecule has 0 aromatic heterocycles. The largest absolute Gasteiger partial charge is 0.481 e. The van der Waals surface area contributed by atoms with Gasteiger partial charge in [-0.05, 0) is 25.7 Å². The third-order valence-corrected chi connectivity index (χ3v) is 12.9. The van der Waals surface area contributed by atoms with Gasteiger partial charge in [0.05, 0.1) is 11.8 Å². The molecule has 4 heteroatoms. The lowest BCUT2D eigenvalue weighted by Crippen LogP contribution is -2.42. The number of nitrogens with zero attached hydrogens (tertiary/aromatic N) is 1. The monoisotopic (exact) mass is 786 g/mol. The molecule has 1 N–H and O–H groups in total. The van der Waals surface area contributed by atoms with E-state index < -0.39 is 17.8 Å². The number of carbonyl (C=O) groups excluding carboxylic acids is 1. The minimum absolute atomic E-state index is 0.0592. The smallest absolute Gasteiger partial charge is 0.307 e. The van der Waals surface area contributed by atoms with E-state index in [4.69, 9.17) is 0 Å². The number of amides is 1. The Labute approximate surface area is 351 Å². The second kappa shape index (κ2) is 41.8. The number of allylic oxidation sites excluding steroid dienone is 1. The Morgan fingerprint density at radius 1 is 0.429 bits per heavy atom. The third kappa shape index (κ3) is 32.6. The van der Waals surface area contributed by atoms with Gasteiger partial charge in [0.25, 0.3) is 0 Å². The van der Waals surface area contributed by atoms with E-state index in [9.17, 15) is 14.7 Å². The molecule has 0 aromatic carbocycles. The molecule has 0 saturated heterocycles. The normalized spacial score (nSPS) is 15.5. The summed E-state index contributed by atoms with van der Waals surface area (Å²) in [6.45, 7) is 6.16. The van der Waals surface area contributed by atoms with Crippen LogP contribution in [0.25, 0.3) is 0 Å². The number of hydrogen-bond acceptors (Lipinski definition) is 2. The highest BCUT2D eigenvalue weighted by molar-refractivity contribution is 5.86. The standard InChI is InChI=1S/C52H99NO3/c1-3-5-7-9-11-13-15-17-19-21-23-25-27-29-31-33-35-37-39-43-47-53(51(54)49-45-41-42-46-50(49)52(55)56)48-44-40-38-36-34-32-30-28-26-24-22-20-18-16-14-12-10-8-6-4-2/h41,45,49-50H,3-40,42-44,46-48H2,1-2H3,(H,55,56). The van der Waals surface area contributed by atoms with Gasteiger partial charge in [0.2, 0.25) is 5.91 Å². The van der Waals surface area contributed by atoms with E-state index in [-0.39, 0.29) is 5.91 Å². The summed E-state index contributed by atoms with van der Waals surface area (Å²) in [6, 6.07) is 0. The molecule has 1 aliphatic rings. The summed E-state index contributed by atoms with van der Waals surface area (Å²) in [5.74, 6) is -1.81. The third-order valence-electron chi connectivity index (χ3n) is 12.9. The number of carbonyl (C=O) groups is 2. The number of hydrogen-bond donors (Lipinski definition) is 1. The molecule has 0 bridgehead atoms. The first-order chi connectivity index (χ1) is 27.6. The Hall–Kier alpha value is -1.32. The highest BCUT2D eigenvalue weighted by Gasteiger charge is 2.35.